The number of nitrogens with one attached hydrogen (secondary N) is 1. The number of hydrogen-bond donors (Lipinski definition) is 1. The van der Waals surface area contributed by atoms with Crippen LogP contribution in [-0.2, 0) is 6.54 Å². The molecule has 1 aromatic heterocycles. The molecule has 0 fully saturated rings. The maximum Gasteiger partial charge on any atom is 0.573 e. The largest absolute Gasteiger partial charge is 0.573 e. The topological polar surface area (TPSA) is 47.3 Å². The second-order valence-electron chi connectivity index (χ2n) is 6.23. The fraction of sp³-hybridized carbons (Fsp3) is 0.250. The number of benzene rings is 2. The first-order valence-electron chi connectivity index (χ1n) is 8.41. The number of alkyl halides is 3. The van der Waals surface area contributed by atoms with Gasteiger partial charge in [-0.3, -0.25) is 0 Å². The summed E-state index contributed by atoms with van der Waals surface area (Å²) in [5.41, 5.74) is 3.66. The minimum atomic E-state index is -4.71. The molecule has 27 heavy (non-hydrogen) atoms. The lowest BCUT2D eigenvalue weighted by Crippen LogP contribution is -2.18. The third kappa shape index (κ3) is 5.34. The Bertz CT molecular complexity index is 871. The third-order valence-corrected chi connectivity index (χ3v) is 4.05. The Morgan fingerprint density at radius 2 is 1.74 bits per heavy atom. The van der Waals surface area contributed by atoms with E-state index in [9.17, 15) is 13.2 Å². The van der Waals surface area contributed by atoms with E-state index < -0.39 is 6.36 Å². The first-order chi connectivity index (χ1) is 12.8. The average Bonchev–Trinajstić information content (AvgIpc) is 3.08. The Labute approximate surface area is 155 Å². The lowest BCUT2D eigenvalue weighted by atomic mass is 10.1. The second kappa shape index (κ2) is 7.84. The molecule has 2 aromatic carbocycles. The van der Waals surface area contributed by atoms with Crippen molar-refractivity contribution in [2.45, 2.75) is 32.8 Å². The fourth-order valence-electron chi connectivity index (χ4n) is 2.55. The maximum atomic E-state index is 12.2. The van der Waals surface area contributed by atoms with E-state index in [1.54, 1.807) is 0 Å². The molecule has 1 atom stereocenters. The normalized spacial score (nSPS) is 12.8. The number of ether oxygens (including phenoxy) is 1. The van der Waals surface area contributed by atoms with E-state index in [0.29, 0.717) is 23.7 Å². The summed E-state index contributed by atoms with van der Waals surface area (Å²) in [6.45, 7) is 4.61. The first-order valence-corrected chi connectivity index (χ1v) is 8.41. The van der Waals surface area contributed by atoms with E-state index in [1.807, 2.05) is 6.92 Å². The van der Waals surface area contributed by atoms with Gasteiger partial charge in [0.1, 0.15) is 12.0 Å². The lowest BCUT2D eigenvalue weighted by Gasteiger charge is -2.13. The van der Waals surface area contributed by atoms with Gasteiger partial charge in [0.05, 0.1) is 5.69 Å². The molecule has 0 aliphatic carbocycles. The van der Waals surface area contributed by atoms with E-state index >= 15 is 0 Å². The van der Waals surface area contributed by atoms with Crippen molar-refractivity contribution in [2.24, 2.45) is 0 Å². The van der Waals surface area contributed by atoms with Crippen LogP contribution < -0.4 is 10.1 Å². The van der Waals surface area contributed by atoms with Crippen molar-refractivity contribution >= 4 is 0 Å². The molecule has 7 heteroatoms. The minimum absolute atomic E-state index is 0.143. The van der Waals surface area contributed by atoms with Crippen LogP contribution in [0.4, 0.5) is 13.2 Å². The lowest BCUT2D eigenvalue weighted by molar-refractivity contribution is -0.274. The Balaban J connectivity index is 1.60. The molecule has 0 bridgehead atoms. The van der Waals surface area contributed by atoms with Gasteiger partial charge in [0.2, 0.25) is 5.89 Å². The van der Waals surface area contributed by atoms with E-state index in [4.69, 9.17) is 4.42 Å². The number of nitrogens with zero attached hydrogens (tertiary/aromatic N) is 1. The van der Waals surface area contributed by atoms with Crippen LogP contribution in [0.3, 0.4) is 0 Å². The van der Waals surface area contributed by atoms with Crippen LogP contribution in [0.1, 0.15) is 29.8 Å². The molecule has 0 saturated carbocycles. The highest BCUT2D eigenvalue weighted by Gasteiger charge is 2.31. The van der Waals surface area contributed by atoms with Crippen LogP contribution >= 0.6 is 0 Å². The monoisotopic (exact) mass is 376 g/mol. The summed E-state index contributed by atoms with van der Waals surface area (Å²) in [4.78, 5) is 4.37. The Hall–Kier alpha value is -2.80. The average molecular weight is 376 g/mol. The number of halogens is 3. The minimum Gasteiger partial charge on any atom is -0.444 e. The molecule has 3 rings (SSSR count). The molecule has 0 aliphatic heterocycles. The highest BCUT2D eigenvalue weighted by molar-refractivity contribution is 5.54. The molecule has 4 nitrogen and oxygen atoms in total. The van der Waals surface area contributed by atoms with Gasteiger partial charge < -0.3 is 14.5 Å². The molecular formula is C20H19F3N2O2. The van der Waals surface area contributed by atoms with Crippen molar-refractivity contribution in [3.8, 4) is 17.2 Å². The van der Waals surface area contributed by atoms with Crippen LogP contribution in [0, 0.1) is 6.92 Å². The Morgan fingerprint density at radius 3 is 2.37 bits per heavy atom. The summed E-state index contributed by atoms with van der Waals surface area (Å²) in [6.07, 6.45) is -3.18. The predicted molar refractivity (Wildman–Crippen MR) is 95.1 cm³/mol. The Morgan fingerprint density at radius 1 is 1.07 bits per heavy atom. The van der Waals surface area contributed by atoms with Gasteiger partial charge in [-0.2, -0.15) is 0 Å². The first kappa shape index (κ1) is 19.0. The number of hydrogen-bond acceptors (Lipinski definition) is 4. The van der Waals surface area contributed by atoms with Crippen molar-refractivity contribution in [1.29, 1.82) is 0 Å². The smallest absolute Gasteiger partial charge is 0.444 e. The number of rotatable bonds is 6. The summed E-state index contributed by atoms with van der Waals surface area (Å²) in [7, 11) is 0. The molecule has 1 heterocycles. The summed E-state index contributed by atoms with van der Waals surface area (Å²) >= 11 is 0. The van der Waals surface area contributed by atoms with Crippen LogP contribution in [-0.4, -0.2) is 11.3 Å². The van der Waals surface area contributed by atoms with Gasteiger partial charge in [-0.15, -0.1) is 13.2 Å². The zero-order valence-corrected chi connectivity index (χ0v) is 14.9. The molecule has 3 aromatic rings. The van der Waals surface area contributed by atoms with E-state index in [2.05, 4.69) is 46.2 Å². The number of aryl methyl sites for hydroxylation is 1. The van der Waals surface area contributed by atoms with Gasteiger partial charge in [0.15, 0.2) is 0 Å². The van der Waals surface area contributed by atoms with E-state index in [-0.39, 0.29) is 11.8 Å². The van der Waals surface area contributed by atoms with Crippen molar-refractivity contribution < 1.29 is 22.3 Å². The van der Waals surface area contributed by atoms with E-state index in [0.717, 1.165) is 0 Å². The van der Waals surface area contributed by atoms with Crippen LogP contribution in [0.5, 0.6) is 5.75 Å². The third-order valence-electron chi connectivity index (χ3n) is 4.05. The van der Waals surface area contributed by atoms with Crippen molar-refractivity contribution in [3.05, 3.63) is 71.6 Å². The highest BCUT2D eigenvalue weighted by Crippen LogP contribution is 2.26. The number of aromatic nitrogens is 1. The van der Waals surface area contributed by atoms with Crippen LogP contribution in [0.25, 0.3) is 11.5 Å². The second-order valence-corrected chi connectivity index (χ2v) is 6.23. The highest BCUT2D eigenvalue weighted by atomic mass is 19.4. The van der Waals surface area contributed by atoms with Crippen LogP contribution in [0.2, 0.25) is 0 Å². The summed E-state index contributed by atoms with van der Waals surface area (Å²) < 4.78 is 45.9. The molecule has 0 radical (unpaired) electrons. The summed E-state index contributed by atoms with van der Waals surface area (Å²) in [5.74, 6) is 0.0555. The van der Waals surface area contributed by atoms with Crippen LogP contribution in [0.15, 0.2) is 59.2 Å². The van der Waals surface area contributed by atoms with Gasteiger partial charge in [-0.05, 0) is 43.7 Å². The van der Waals surface area contributed by atoms with Gasteiger partial charge in [-0.25, -0.2) is 4.98 Å². The quantitative estimate of drug-likeness (QED) is 0.626. The zero-order valence-electron chi connectivity index (χ0n) is 14.9. The maximum absolute atomic E-state index is 12.2. The molecule has 1 N–H and O–H groups in total. The van der Waals surface area contributed by atoms with Crippen molar-refractivity contribution in [1.82, 2.24) is 10.3 Å². The van der Waals surface area contributed by atoms with Crippen molar-refractivity contribution in [2.75, 3.05) is 0 Å². The van der Waals surface area contributed by atoms with Crippen molar-refractivity contribution in [3.63, 3.8) is 0 Å². The summed E-state index contributed by atoms with van der Waals surface area (Å²) in [6, 6.07) is 13.8. The SMILES string of the molecule is Cc1ccc([C@@H](C)NCc2coc(-c3ccc(OC(F)(F)F)cc3)n2)cc1. The number of oxazole rings is 1. The van der Waals surface area contributed by atoms with E-state index in [1.165, 1.54) is 41.7 Å². The zero-order chi connectivity index (χ0) is 19.4. The molecule has 0 amide bonds. The Kier molecular flexibility index (Phi) is 5.51. The molecule has 0 spiro atoms. The molecule has 0 saturated heterocycles. The van der Waals surface area contributed by atoms with Gasteiger partial charge in [0.25, 0.3) is 0 Å². The molecule has 0 aliphatic rings. The molecule has 0 unspecified atom stereocenters. The van der Waals surface area contributed by atoms with Gasteiger partial charge >= 0.3 is 6.36 Å². The molecule has 142 valence electrons. The summed E-state index contributed by atoms with van der Waals surface area (Å²) in [5, 5.41) is 3.37. The predicted octanol–water partition coefficient (Wildman–Crippen LogP) is 5.40. The molecular weight excluding hydrogens is 357 g/mol. The van der Waals surface area contributed by atoms with Gasteiger partial charge in [-0.1, -0.05) is 29.8 Å². The fourth-order valence-corrected chi connectivity index (χ4v) is 2.55. The van der Waals surface area contributed by atoms with Gasteiger partial charge in [0, 0.05) is 18.2 Å². The standard InChI is InChI=1S/C20H19F3N2O2/c1-13-3-5-15(6-4-13)14(2)24-11-17-12-26-19(25-17)16-7-9-18(10-8-16)27-20(21,22)23/h3-10,12,14,24H,11H2,1-2H3/t14-/m1/s1.